The van der Waals surface area contributed by atoms with Gasteiger partial charge >= 0.3 is 5.97 Å². The van der Waals surface area contributed by atoms with E-state index in [4.69, 9.17) is 9.84 Å². The smallest absolute Gasteiger partial charge is 0.326 e. The van der Waals surface area contributed by atoms with Crippen molar-refractivity contribution < 1.29 is 28.9 Å². The van der Waals surface area contributed by atoms with Crippen LogP contribution in [-0.4, -0.2) is 52.3 Å². The monoisotopic (exact) mass is 283 g/mol. The second-order valence-corrected chi connectivity index (χ2v) is 4.51. The third kappa shape index (κ3) is 3.05. The van der Waals surface area contributed by atoms with Gasteiger partial charge in [-0.3, -0.25) is 4.79 Å². The van der Waals surface area contributed by atoms with Crippen LogP contribution >= 0.6 is 0 Å². The Kier molecular flexibility index (Phi) is 4.19. The van der Waals surface area contributed by atoms with Crippen molar-refractivity contribution in [2.24, 2.45) is 0 Å². The summed E-state index contributed by atoms with van der Waals surface area (Å²) in [5.74, 6) is -2.46. The number of halogens is 1. The molecule has 108 valence electrons. The van der Waals surface area contributed by atoms with Crippen molar-refractivity contribution >= 4 is 11.9 Å². The van der Waals surface area contributed by atoms with Gasteiger partial charge in [-0.15, -0.1) is 0 Å². The highest BCUT2D eigenvalue weighted by Gasteiger charge is 2.38. The quantitative estimate of drug-likeness (QED) is 0.827. The first-order valence-corrected chi connectivity index (χ1v) is 6.06. The minimum Gasteiger partial charge on any atom is -0.481 e. The van der Waals surface area contributed by atoms with Crippen molar-refractivity contribution in [3.8, 4) is 5.75 Å². The van der Waals surface area contributed by atoms with Crippen LogP contribution in [0.25, 0.3) is 0 Å². The number of para-hydroxylation sites is 1. The first-order valence-electron chi connectivity index (χ1n) is 6.06. The predicted octanol–water partition coefficient (Wildman–Crippen LogP) is 0.251. The van der Waals surface area contributed by atoms with E-state index in [2.05, 4.69) is 0 Å². The third-order valence-electron chi connectivity index (χ3n) is 3.07. The molecule has 1 fully saturated rings. The van der Waals surface area contributed by atoms with Gasteiger partial charge in [-0.1, -0.05) is 12.1 Å². The van der Waals surface area contributed by atoms with Crippen LogP contribution in [0.2, 0.25) is 0 Å². The Morgan fingerprint density at radius 2 is 2.10 bits per heavy atom. The number of hydrogen-bond donors (Lipinski definition) is 2. The highest BCUT2D eigenvalue weighted by atomic mass is 19.1. The van der Waals surface area contributed by atoms with Gasteiger partial charge in [-0.05, 0) is 12.1 Å². The normalized spacial score (nSPS) is 21.8. The molecule has 2 N–H and O–H groups in total. The Morgan fingerprint density at radius 3 is 2.75 bits per heavy atom. The summed E-state index contributed by atoms with van der Waals surface area (Å²) in [6.45, 7) is -0.534. The van der Waals surface area contributed by atoms with Gasteiger partial charge in [0, 0.05) is 13.0 Å². The number of aliphatic hydroxyl groups is 1. The molecule has 0 bridgehead atoms. The van der Waals surface area contributed by atoms with E-state index in [9.17, 15) is 19.1 Å². The maximum atomic E-state index is 13.3. The Bertz CT molecular complexity index is 521. The Morgan fingerprint density at radius 1 is 1.40 bits per heavy atom. The van der Waals surface area contributed by atoms with E-state index in [1.807, 2.05) is 0 Å². The fourth-order valence-corrected chi connectivity index (χ4v) is 2.11. The number of benzene rings is 1. The van der Waals surface area contributed by atoms with Gasteiger partial charge in [-0.2, -0.15) is 0 Å². The second-order valence-electron chi connectivity index (χ2n) is 4.51. The van der Waals surface area contributed by atoms with Crippen LogP contribution in [0.1, 0.15) is 6.42 Å². The van der Waals surface area contributed by atoms with Crippen molar-refractivity contribution in [3.05, 3.63) is 30.1 Å². The average molecular weight is 283 g/mol. The molecule has 20 heavy (non-hydrogen) atoms. The van der Waals surface area contributed by atoms with Crippen molar-refractivity contribution in [1.29, 1.82) is 0 Å². The van der Waals surface area contributed by atoms with Crippen molar-refractivity contribution in [1.82, 2.24) is 4.90 Å². The fraction of sp³-hybridized carbons (Fsp3) is 0.385. The number of ether oxygens (including phenoxy) is 1. The first kappa shape index (κ1) is 14.3. The van der Waals surface area contributed by atoms with Crippen LogP contribution < -0.4 is 4.74 Å². The zero-order valence-corrected chi connectivity index (χ0v) is 10.5. The molecule has 2 rings (SSSR count). The number of carbonyl (C=O) groups excluding carboxylic acids is 1. The van der Waals surface area contributed by atoms with Gasteiger partial charge in [0.15, 0.2) is 18.2 Å². The first-order chi connectivity index (χ1) is 9.49. The summed E-state index contributed by atoms with van der Waals surface area (Å²) in [6.07, 6.45) is -0.880. The summed E-state index contributed by atoms with van der Waals surface area (Å²) in [6, 6.07) is 4.54. The number of nitrogens with zero attached hydrogens (tertiary/aromatic N) is 1. The zero-order valence-electron chi connectivity index (χ0n) is 10.5. The number of β-amino-alcohol motifs (C(OH)–C–C–N with tert-alkyl or cyclic N) is 1. The van der Waals surface area contributed by atoms with E-state index in [1.54, 1.807) is 6.07 Å². The van der Waals surface area contributed by atoms with Gasteiger partial charge in [0.1, 0.15) is 6.04 Å². The molecule has 1 aliphatic heterocycles. The number of carboxylic acid groups (broad SMARTS) is 1. The van der Waals surface area contributed by atoms with E-state index in [-0.39, 0.29) is 18.7 Å². The van der Waals surface area contributed by atoms with Gasteiger partial charge < -0.3 is 19.8 Å². The molecule has 7 heteroatoms. The average Bonchev–Trinajstić information content (AvgIpc) is 2.80. The van der Waals surface area contributed by atoms with E-state index < -0.39 is 36.4 Å². The van der Waals surface area contributed by atoms with E-state index in [1.165, 1.54) is 18.2 Å². The Balaban J connectivity index is 1.98. The van der Waals surface area contributed by atoms with Crippen LogP contribution in [0, 0.1) is 5.82 Å². The molecule has 0 aromatic heterocycles. The summed E-state index contributed by atoms with van der Waals surface area (Å²) < 4.78 is 18.3. The summed E-state index contributed by atoms with van der Waals surface area (Å²) in [4.78, 5) is 23.9. The van der Waals surface area contributed by atoms with Gasteiger partial charge in [0.25, 0.3) is 5.91 Å². The minimum absolute atomic E-state index is 0.0131. The number of carbonyl (C=O) groups is 2. The molecule has 1 amide bonds. The van der Waals surface area contributed by atoms with Crippen molar-refractivity contribution in [2.75, 3.05) is 13.2 Å². The summed E-state index contributed by atoms with van der Waals surface area (Å²) in [5.41, 5.74) is 0. The maximum absolute atomic E-state index is 13.3. The molecule has 0 saturated carbocycles. The second kappa shape index (κ2) is 5.87. The number of likely N-dealkylation sites (tertiary alicyclic amines) is 1. The van der Waals surface area contributed by atoms with E-state index in [0.29, 0.717) is 0 Å². The van der Waals surface area contributed by atoms with Gasteiger partial charge in [0.05, 0.1) is 6.10 Å². The molecule has 1 aromatic carbocycles. The molecule has 1 heterocycles. The lowest BCUT2D eigenvalue weighted by atomic mass is 10.2. The molecule has 6 nitrogen and oxygen atoms in total. The molecular weight excluding hydrogens is 269 g/mol. The highest BCUT2D eigenvalue weighted by Crippen LogP contribution is 2.20. The van der Waals surface area contributed by atoms with Gasteiger partial charge in [0.2, 0.25) is 0 Å². The number of hydrogen-bond acceptors (Lipinski definition) is 4. The Hall–Kier alpha value is -2.15. The number of carboxylic acids is 1. The van der Waals surface area contributed by atoms with Crippen LogP contribution in [0.15, 0.2) is 24.3 Å². The van der Waals surface area contributed by atoms with Gasteiger partial charge in [-0.25, -0.2) is 9.18 Å². The standard InChI is InChI=1S/C13H14FNO5/c14-9-3-1-2-4-11(9)20-7-12(17)15-6-8(16)5-10(15)13(18)19/h1-4,8,10,16H,5-7H2,(H,18,19)/t8-,10-/m1/s1. The Labute approximate surface area is 114 Å². The van der Waals surface area contributed by atoms with Crippen LogP contribution in [-0.2, 0) is 9.59 Å². The van der Waals surface area contributed by atoms with E-state index >= 15 is 0 Å². The molecule has 0 radical (unpaired) electrons. The summed E-state index contributed by atoms with van der Waals surface area (Å²) in [5, 5.41) is 18.4. The lowest BCUT2D eigenvalue weighted by Gasteiger charge is -2.21. The molecule has 0 unspecified atom stereocenters. The number of aliphatic hydroxyl groups excluding tert-OH is 1. The molecule has 1 aromatic rings. The molecule has 1 aliphatic rings. The third-order valence-corrected chi connectivity index (χ3v) is 3.07. The molecular formula is C13H14FNO5. The minimum atomic E-state index is -1.18. The number of rotatable bonds is 4. The molecule has 1 saturated heterocycles. The maximum Gasteiger partial charge on any atom is 0.326 e. The van der Waals surface area contributed by atoms with Crippen molar-refractivity contribution in [2.45, 2.75) is 18.6 Å². The fourth-order valence-electron chi connectivity index (χ4n) is 2.11. The van der Waals surface area contributed by atoms with E-state index in [0.717, 1.165) is 4.90 Å². The predicted molar refractivity (Wildman–Crippen MR) is 65.7 cm³/mol. The molecule has 0 aliphatic carbocycles. The van der Waals surface area contributed by atoms with Crippen LogP contribution in [0.3, 0.4) is 0 Å². The lowest BCUT2D eigenvalue weighted by Crippen LogP contribution is -2.43. The number of amides is 1. The number of aliphatic carboxylic acids is 1. The highest BCUT2D eigenvalue weighted by molar-refractivity contribution is 5.85. The largest absolute Gasteiger partial charge is 0.481 e. The lowest BCUT2D eigenvalue weighted by molar-refractivity contribution is -0.149. The molecule has 0 spiro atoms. The molecule has 2 atom stereocenters. The van der Waals surface area contributed by atoms with Crippen LogP contribution in [0.4, 0.5) is 4.39 Å². The zero-order chi connectivity index (χ0) is 14.7. The topological polar surface area (TPSA) is 87.1 Å². The summed E-state index contributed by atoms with van der Waals surface area (Å²) in [7, 11) is 0. The van der Waals surface area contributed by atoms with Crippen LogP contribution in [0.5, 0.6) is 5.75 Å². The van der Waals surface area contributed by atoms with Crippen molar-refractivity contribution in [3.63, 3.8) is 0 Å². The summed E-state index contributed by atoms with van der Waals surface area (Å²) >= 11 is 0. The SMILES string of the molecule is O=C(O)[C@H]1C[C@@H](O)CN1C(=O)COc1ccccc1F.